The third-order valence-electron chi connectivity index (χ3n) is 2.54. The molecule has 0 amide bonds. The number of methoxy groups -OCH3 is 1. The van der Waals surface area contributed by atoms with Crippen LogP contribution in [0.25, 0.3) is 6.08 Å². The SMILES string of the molecule is CC=Cc1cc(CC)c(O)c(OC)c1.CCOCC. The van der Waals surface area contributed by atoms with Crippen LogP contribution >= 0.6 is 0 Å². The Kier molecular flexibility index (Phi) is 9.63. The second-order valence-corrected chi connectivity index (χ2v) is 3.87. The Balaban J connectivity index is 0.000000555. The summed E-state index contributed by atoms with van der Waals surface area (Å²) in [6, 6.07) is 3.80. The highest BCUT2D eigenvalue weighted by Gasteiger charge is 2.07. The maximum absolute atomic E-state index is 9.73. The molecule has 0 aromatic heterocycles. The van der Waals surface area contributed by atoms with Crippen molar-refractivity contribution in [3.8, 4) is 11.5 Å². The zero-order valence-electron chi connectivity index (χ0n) is 12.7. The molecule has 0 fully saturated rings. The van der Waals surface area contributed by atoms with Crippen LogP contribution in [0.1, 0.15) is 38.8 Å². The minimum atomic E-state index is 0.253. The number of allylic oxidation sites excluding steroid dienone is 1. The van der Waals surface area contributed by atoms with Gasteiger partial charge in [-0.15, -0.1) is 0 Å². The van der Waals surface area contributed by atoms with Gasteiger partial charge in [-0.1, -0.05) is 19.1 Å². The Labute approximate surface area is 116 Å². The molecule has 108 valence electrons. The van der Waals surface area contributed by atoms with Gasteiger partial charge in [0.05, 0.1) is 7.11 Å². The third kappa shape index (κ3) is 6.30. The second-order valence-electron chi connectivity index (χ2n) is 3.87. The molecule has 0 saturated heterocycles. The number of phenolic OH excluding ortho intramolecular Hbond substituents is 1. The van der Waals surface area contributed by atoms with E-state index in [0.717, 1.165) is 30.8 Å². The Bertz CT molecular complexity index is 357. The first kappa shape index (κ1) is 17.5. The summed E-state index contributed by atoms with van der Waals surface area (Å²) in [5.41, 5.74) is 1.97. The molecule has 3 nitrogen and oxygen atoms in total. The highest BCUT2D eigenvalue weighted by molar-refractivity contribution is 5.58. The van der Waals surface area contributed by atoms with Crippen molar-refractivity contribution in [2.45, 2.75) is 34.1 Å². The minimum absolute atomic E-state index is 0.253. The predicted molar refractivity (Wildman–Crippen MR) is 80.9 cm³/mol. The van der Waals surface area contributed by atoms with E-state index in [-0.39, 0.29) is 5.75 Å². The van der Waals surface area contributed by atoms with Gasteiger partial charge in [0, 0.05) is 13.2 Å². The lowest BCUT2D eigenvalue weighted by atomic mass is 10.1. The molecule has 1 rings (SSSR count). The van der Waals surface area contributed by atoms with Crippen LogP contribution < -0.4 is 4.74 Å². The van der Waals surface area contributed by atoms with Crippen molar-refractivity contribution in [1.82, 2.24) is 0 Å². The average molecular weight is 266 g/mol. The Morgan fingerprint density at radius 3 is 2.16 bits per heavy atom. The van der Waals surface area contributed by atoms with Gasteiger partial charge in [-0.25, -0.2) is 0 Å². The zero-order chi connectivity index (χ0) is 14.7. The van der Waals surface area contributed by atoms with Crippen LogP contribution in [-0.2, 0) is 11.2 Å². The van der Waals surface area contributed by atoms with Crippen LogP contribution in [0.15, 0.2) is 18.2 Å². The number of rotatable bonds is 5. The van der Waals surface area contributed by atoms with Crippen molar-refractivity contribution < 1.29 is 14.6 Å². The van der Waals surface area contributed by atoms with E-state index >= 15 is 0 Å². The molecular formula is C16H26O3. The van der Waals surface area contributed by atoms with E-state index in [1.807, 2.05) is 52.0 Å². The van der Waals surface area contributed by atoms with Gasteiger partial charge in [-0.3, -0.25) is 0 Å². The first-order valence-electron chi connectivity index (χ1n) is 6.74. The van der Waals surface area contributed by atoms with Crippen molar-refractivity contribution in [1.29, 1.82) is 0 Å². The predicted octanol–water partition coefficient (Wildman–Crippen LogP) is 4.04. The molecule has 19 heavy (non-hydrogen) atoms. The maximum Gasteiger partial charge on any atom is 0.161 e. The molecule has 0 bridgehead atoms. The van der Waals surface area contributed by atoms with Crippen LogP contribution in [0.3, 0.4) is 0 Å². The molecule has 0 unspecified atom stereocenters. The fourth-order valence-electron chi connectivity index (χ4n) is 1.61. The van der Waals surface area contributed by atoms with Gasteiger partial charge in [0.1, 0.15) is 0 Å². The third-order valence-corrected chi connectivity index (χ3v) is 2.54. The quantitative estimate of drug-likeness (QED) is 0.874. The van der Waals surface area contributed by atoms with Crippen molar-refractivity contribution >= 4 is 6.08 Å². The summed E-state index contributed by atoms with van der Waals surface area (Å²) >= 11 is 0. The largest absolute Gasteiger partial charge is 0.504 e. The molecule has 1 aromatic rings. The summed E-state index contributed by atoms with van der Waals surface area (Å²) in [5.74, 6) is 0.792. The highest BCUT2D eigenvalue weighted by atomic mass is 16.5. The van der Waals surface area contributed by atoms with Gasteiger partial charge in [0.25, 0.3) is 0 Å². The maximum atomic E-state index is 9.73. The van der Waals surface area contributed by atoms with Gasteiger partial charge in [0.2, 0.25) is 0 Å². The molecule has 0 aliphatic carbocycles. The average Bonchev–Trinajstić information content (AvgIpc) is 2.42. The summed E-state index contributed by atoms with van der Waals surface area (Å²) in [6.45, 7) is 9.64. The molecule has 0 atom stereocenters. The highest BCUT2D eigenvalue weighted by Crippen LogP contribution is 2.32. The lowest BCUT2D eigenvalue weighted by molar-refractivity contribution is 0.162. The van der Waals surface area contributed by atoms with Gasteiger partial charge in [0.15, 0.2) is 11.5 Å². The van der Waals surface area contributed by atoms with Crippen LogP contribution in [0.2, 0.25) is 0 Å². The molecule has 0 heterocycles. The molecule has 3 heteroatoms. The van der Waals surface area contributed by atoms with Crippen molar-refractivity contribution in [3.63, 3.8) is 0 Å². The number of phenols is 1. The van der Waals surface area contributed by atoms with Crippen molar-refractivity contribution in [2.24, 2.45) is 0 Å². The van der Waals surface area contributed by atoms with E-state index in [0.29, 0.717) is 5.75 Å². The lowest BCUT2D eigenvalue weighted by Crippen LogP contribution is -1.90. The topological polar surface area (TPSA) is 38.7 Å². The monoisotopic (exact) mass is 266 g/mol. The molecule has 0 aliphatic heterocycles. The molecule has 1 N–H and O–H groups in total. The Morgan fingerprint density at radius 2 is 1.79 bits per heavy atom. The van der Waals surface area contributed by atoms with E-state index in [9.17, 15) is 5.11 Å². The fraction of sp³-hybridized carbons (Fsp3) is 0.500. The van der Waals surface area contributed by atoms with Crippen molar-refractivity contribution in [2.75, 3.05) is 20.3 Å². The normalized spacial score (nSPS) is 10.2. The van der Waals surface area contributed by atoms with E-state index < -0.39 is 0 Å². The summed E-state index contributed by atoms with van der Waals surface area (Å²) < 4.78 is 9.92. The van der Waals surface area contributed by atoms with E-state index in [4.69, 9.17) is 9.47 Å². The van der Waals surface area contributed by atoms with Crippen LogP contribution in [0, 0.1) is 0 Å². The lowest BCUT2D eigenvalue weighted by Gasteiger charge is -2.09. The smallest absolute Gasteiger partial charge is 0.161 e. The van der Waals surface area contributed by atoms with E-state index in [2.05, 4.69) is 0 Å². The molecule has 0 radical (unpaired) electrons. The summed E-state index contributed by atoms with van der Waals surface area (Å²) in [7, 11) is 1.56. The first-order chi connectivity index (χ1) is 9.14. The number of ether oxygens (including phenoxy) is 2. The van der Waals surface area contributed by atoms with Gasteiger partial charge in [-0.2, -0.15) is 0 Å². The molecule has 0 spiro atoms. The number of aromatic hydroxyl groups is 1. The molecule has 1 aromatic carbocycles. The molecule has 0 aliphatic rings. The second kappa shape index (κ2) is 10.4. The van der Waals surface area contributed by atoms with Crippen LogP contribution in [0.5, 0.6) is 11.5 Å². The Hall–Kier alpha value is -1.48. The summed E-state index contributed by atoms with van der Waals surface area (Å²) in [5, 5.41) is 9.73. The fourth-order valence-corrected chi connectivity index (χ4v) is 1.61. The molecule has 0 saturated carbocycles. The van der Waals surface area contributed by atoms with E-state index in [1.165, 1.54) is 0 Å². The van der Waals surface area contributed by atoms with Gasteiger partial charge < -0.3 is 14.6 Å². The van der Waals surface area contributed by atoms with Crippen LogP contribution in [0.4, 0.5) is 0 Å². The van der Waals surface area contributed by atoms with Crippen molar-refractivity contribution in [3.05, 3.63) is 29.3 Å². The number of aryl methyl sites for hydroxylation is 1. The molecular weight excluding hydrogens is 240 g/mol. The standard InChI is InChI=1S/C12H16O2.C4H10O/c1-4-6-9-7-10(5-2)12(13)11(8-9)14-3;1-3-5-4-2/h4,6-8,13H,5H2,1-3H3;3-4H2,1-2H3. The number of hydrogen-bond donors (Lipinski definition) is 1. The number of benzene rings is 1. The first-order valence-corrected chi connectivity index (χ1v) is 6.74. The zero-order valence-corrected chi connectivity index (χ0v) is 12.7. The van der Waals surface area contributed by atoms with Gasteiger partial charge in [-0.05, 0) is 50.5 Å². The van der Waals surface area contributed by atoms with E-state index in [1.54, 1.807) is 7.11 Å². The number of hydrogen-bond acceptors (Lipinski definition) is 3. The van der Waals surface area contributed by atoms with Crippen LogP contribution in [-0.4, -0.2) is 25.4 Å². The van der Waals surface area contributed by atoms with Gasteiger partial charge >= 0.3 is 0 Å². The Morgan fingerprint density at radius 1 is 1.16 bits per heavy atom. The summed E-state index contributed by atoms with van der Waals surface area (Å²) in [4.78, 5) is 0. The summed E-state index contributed by atoms with van der Waals surface area (Å²) in [6.07, 6.45) is 4.75. The minimum Gasteiger partial charge on any atom is -0.504 e.